The summed E-state index contributed by atoms with van der Waals surface area (Å²) in [4.78, 5) is 11.8. The summed E-state index contributed by atoms with van der Waals surface area (Å²) in [5, 5.41) is 2.81. The van der Waals surface area contributed by atoms with Gasteiger partial charge in [-0.15, -0.1) is 0 Å². The van der Waals surface area contributed by atoms with E-state index >= 15 is 0 Å². The molecule has 1 amide bonds. The summed E-state index contributed by atoms with van der Waals surface area (Å²) in [6, 6.07) is 8.83. The van der Waals surface area contributed by atoms with Crippen LogP contribution in [0.2, 0.25) is 0 Å². The largest absolute Gasteiger partial charge is 0.354 e. The SMILES string of the molecule is COC(OC)C(C)NC(=O)c1ccccc1. The van der Waals surface area contributed by atoms with Crippen molar-refractivity contribution >= 4 is 5.91 Å². The van der Waals surface area contributed by atoms with Gasteiger partial charge in [0.2, 0.25) is 0 Å². The summed E-state index contributed by atoms with van der Waals surface area (Å²) in [6.45, 7) is 1.83. The smallest absolute Gasteiger partial charge is 0.251 e. The summed E-state index contributed by atoms with van der Waals surface area (Å²) in [5.41, 5.74) is 0.625. The van der Waals surface area contributed by atoms with Crippen LogP contribution in [0.4, 0.5) is 0 Å². The zero-order valence-electron chi connectivity index (χ0n) is 9.77. The second-order valence-electron chi connectivity index (χ2n) is 3.47. The lowest BCUT2D eigenvalue weighted by atomic mass is 10.2. The maximum atomic E-state index is 11.8. The van der Waals surface area contributed by atoms with Crippen molar-refractivity contribution in [2.24, 2.45) is 0 Å². The minimum Gasteiger partial charge on any atom is -0.354 e. The topological polar surface area (TPSA) is 47.6 Å². The van der Waals surface area contributed by atoms with Gasteiger partial charge < -0.3 is 14.8 Å². The van der Waals surface area contributed by atoms with E-state index in [4.69, 9.17) is 9.47 Å². The number of methoxy groups -OCH3 is 2. The molecule has 0 radical (unpaired) electrons. The van der Waals surface area contributed by atoms with Gasteiger partial charge in [-0.3, -0.25) is 4.79 Å². The molecule has 16 heavy (non-hydrogen) atoms. The summed E-state index contributed by atoms with van der Waals surface area (Å²) < 4.78 is 10.1. The van der Waals surface area contributed by atoms with Gasteiger partial charge in [-0.25, -0.2) is 0 Å². The highest BCUT2D eigenvalue weighted by molar-refractivity contribution is 5.94. The van der Waals surface area contributed by atoms with Gasteiger partial charge in [0, 0.05) is 19.8 Å². The highest BCUT2D eigenvalue weighted by Gasteiger charge is 2.18. The van der Waals surface area contributed by atoms with E-state index in [0.29, 0.717) is 5.56 Å². The predicted octanol–water partition coefficient (Wildman–Crippen LogP) is 1.42. The van der Waals surface area contributed by atoms with E-state index in [0.717, 1.165) is 0 Å². The van der Waals surface area contributed by atoms with Gasteiger partial charge in [0.1, 0.15) is 0 Å². The number of amides is 1. The summed E-state index contributed by atoms with van der Waals surface area (Å²) >= 11 is 0. The molecule has 0 aliphatic rings. The molecule has 0 aromatic heterocycles. The molecule has 0 bridgehead atoms. The molecule has 1 atom stereocenters. The molecule has 0 saturated heterocycles. The third-order valence-electron chi connectivity index (χ3n) is 2.27. The number of carbonyl (C=O) groups excluding carboxylic acids is 1. The van der Waals surface area contributed by atoms with Crippen molar-refractivity contribution in [1.29, 1.82) is 0 Å². The van der Waals surface area contributed by atoms with Gasteiger partial charge in [-0.05, 0) is 19.1 Å². The average molecular weight is 223 g/mol. The van der Waals surface area contributed by atoms with E-state index in [2.05, 4.69) is 5.32 Å². The predicted molar refractivity (Wildman–Crippen MR) is 61.2 cm³/mol. The van der Waals surface area contributed by atoms with Crippen LogP contribution in [-0.2, 0) is 9.47 Å². The lowest BCUT2D eigenvalue weighted by molar-refractivity contribution is -0.117. The van der Waals surface area contributed by atoms with Crippen LogP contribution in [0.5, 0.6) is 0 Å². The van der Waals surface area contributed by atoms with E-state index < -0.39 is 6.29 Å². The summed E-state index contributed by atoms with van der Waals surface area (Å²) in [6.07, 6.45) is -0.437. The molecule has 0 aliphatic carbocycles. The Bertz CT molecular complexity index is 322. The van der Waals surface area contributed by atoms with Crippen molar-refractivity contribution < 1.29 is 14.3 Å². The minimum absolute atomic E-state index is 0.132. The molecule has 0 spiro atoms. The van der Waals surface area contributed by atoms with Crippen LogP contribution in [-0.4, -0.2) is 32.5 Å². The number of hydrogen-bond donors (Lipinski definition) is 1. The maximum Gasteiger partial charge on any atom is 0.251 e. The molecule has 0 saturated carbocycles. The van der Waals surface area contributed by atoms with Gasteiger partial charge in [-0.2, -0.15) is 0 Å². The first-order valence-corrected chi connectivity index (χ1v) is 5.10. The molecular weight excluding hydrogens is 206 g/mol. The number of carbonyl (C=O) groups is 1. The Labute approximate surface area is 95.6 Å². The zero-order valence-corrected chi connectivity index (χ0v) is 9.77. The Morgan fingerprint density at radius 1 is 1.19 bits per heavy atom. The molecule has 1 unspecified atom stereocenters. The van der Waals surface area contributed by atoms with E-state index in [-0.39, 0.29) is 11.9 Å². The van der Waals surface area contributed by atoms with Crippen molar-refractivity contribution in [3.63, 3.8) is 0 Å². The number of ether oxygens (including phenoxy) is 2. The van der Waals surface area contributed by atoms with Gasteiger partial charge in [0.15, 0.2) is 6.29 Å². The normalized spacial score (nSPS) is 12.5. The lowest BCUT2D eigenvalue weighted by Gasteiger charge is -2.22. The fourth-order valence-electron chi connectivity index (χ4n) is 1.45. The van der Waals surface area contributed by atoms with Crippen molar-refractivity contribution in [3.8, 4) is 0 Å². The van der Waals surface area contributed by atoms with Crippen LogP contribution in [0.25, 0.3) is 0 Å². The van der Waals surface area contributed by atoms with E-state index in [1.165, 1.54) is 0 Å². The summed E-state index contributed by atoms with van der Waals surface area (Å²) in [5.74, 6) is -0.132. The van der Waals surface area contributed by atoms with Crippen molar-refractivity contribution in [2.45, 2.75) is 19.3 Å². The molecule has 1 rings (SSSR count). The van der Waals surface area contributed by atoms with Crippen LogP contribution >= 0.6 is 0 Å². The molecule has 0 aliphatic heterocycles. The van der Waals surface area contributed by atoms with Crippen LogP contribution in [0.1, 0.15) is 17.3 Å². The Kier molecular flexibility index (Phi) is 4.95. The van der Waals surface area contributed by atoms with E-state index in [1.807, 2.05) is 25.1 Å². The quantitative estimate of drug-likeness (QED) is 0.768. The van der Waals surface area contributed by atoms with Crippen molar-refractivity contribution in [2.75, 3.05) is 14.2 Å². The molecule has 0 fully saturated rings. The van der Waals surface area contributed by atoms with Crippen molar-refractivity contribution in [3.05, 3.63) is 35.9 Å². The zero-order chi connectivity index (χ0) is 12.0. The Morgan fingerprint density at radius 3 is 2.25 bits per heavy atom. The second-order valence-corrected chi connectivity index (χ2v) is 3.47. The molecule has 4 heteroatoms. The molecule has 1 N–H and O–H groups in total. The molecule has 0 heterocycles. The summed E-state index contributed by atoms with van der Waals surface area (Å²) in [7, 11) is 3.08. The monoisotopic (exact) mass is 223 g/mol. The molecular formula is C12H17NO3. The first-order chi connectivity index (χ1) is 7.69. The Morgan fingerprint density at radius 2 is 1.75 bits per heavy atom. The maximum absolute atomic E-state index is 11.8. The number of hydrogen-bond acceptors (Lipinski definition) is 3. The van der Waals surface area contributed by atoms with Crippen LogP contribution < -0.4 is 5.32 Å². The fraction of sp³-hybridized carbons (Fsp3) is 0.417. The third-order valence-corrected chi connectivity index (χ3v) is 2.27. The minimum atomic E-state index is -0.437. The van der Waals surface area contributed by atoms with Crippen LogP contribution in [0.15, 0.2) is 30.3 Å². The Balaban J connectivity index is 2.58. The standard InChI is InChI=1S/C12H17NO3/c1-9(12(15-2)16-3)13-11(14)10-7-5-4-6-8-10/h4-9,12H,1-3H3,(H,13,14). The van der Waals surface area contributed by atoms with E-state index in [9.17, 15) is 4.79 Å². The fourth-order valence-corrected chi connectivity index (χ4v) is 1.45. The number of benzene rings is 1. The van der Waals surface area contributed by atoms with E-state index in [1.54, 1.807) is 26.4 Å². The highest BCUT2D eigenvalue weighted by Crippen LogP contribution is 2.02. The molecule has 88 valence electrons. The van der Waals surface area contributed by atoms with Crippen molar-refractivity contribution in [1.82, 2.24) is 5.32 Å². The van der Waals surface area contributed by atoms with Gasteiger partial charge in [-0.1, -0.05) is 18.2 Å². The first kappa shape index (κ1) is 12.7. The molecule has 1 aromatic carbocycles. The first-order valence-electron chi connectivity index (χ1n) is 5.10. The van der Waals surface area contributed by atoms with Gasteiger partial charge in [0.05, 0.1) is 6.04 Å². The number of rotatable bonds is 5. The van der Waals surface area contributed by atoms with Gasteiger partial charge >= 0.3 is 0 Å². The number of nitrogens with one attached hydrogen (secondary N) is 1. The average Bonchev–Trinajstić information content (AvgIpc) is 2.31. The van der Waals surface area contributed by atoms with Crippen LogP contribution in [0, 0.1) is 0 Å². The van der Waals surface area contributed by atoms with Crippen LogP contribution in [0.3, 0.4) is 0 Å². The molecule has 1 aromatic rings. The molecule has 4 nitrogen and oxygen atoms in total. The third kappa shape index (κ3) is 3.32. The lowest BCUT2D eigenvalue weighted by Crippen LogP contribution is -2.42. The highest BCUT2D eigenvalue weighted by atomic mass is 16.7. The second kappa shape index (κ2) is 6.25. The Hall–Kier alpha value is -1.39. The van der Waals surface area contributed by atoms with Gasteiger partial charge in [0.25, 0.3) is 5.91 Å².